The van der Waals surface area contributed by atoms with Crippen molar-refractivity contribution in [3.63, 3.8) is 0 Å². The lowest BCUT2D eigenvalue weighted by Gasteiger charge is -2.23. The second-order valence-electron chi connectivity index (χ2n) is 4.10. The zero-order chi connectivity index (χ0) is 10.6. The van der Waals surface area contributed by atoms with Gasteiger partial charge < -0.3 is 10.6 Å². The second kappa shape index (κ2) is 4.87. The van der Waals surface area contributed by atoms with Crippen LogP contribution in [0.3, 0.4) is 0 Å². The van der Waals surface area contributed by atoms with E-state index >= 15 is 0 Å². The van der Waals surface area contributed by atoms with Gasteiger partial charge in [-0.3, -0.25) is 0 Å². The monoisotopic (exact) mass is 213 g/mol. The highest BCUT2D eigenvalue weighted by Crippen LogP contribution is 2.10. The molecular formula is C10H19N3S. The normalized spacial score (nSPS) is 12.0. The van der Waals surface area contributed by atoms with Gasteiger partial charge in [-0.15, -0.1) is 11.3 Å². The maximum Gasteiger partial charge on any atom is 0.107 e. The quantitative estimate of drug-likeness (QED) is 0.779. The van der Waals surface area contributed by atoms with Gasteiger partial charge in [0.05, 0.1) is 0 Å². The molecule has 14 heavy (non-hydrogen) atoms. The summed E-state index contributed by atoms with van der Waals surface area (Å²) in [4.78, 5) is 5.57. The maximum absolute atomic E-state index is 4.30. The molecule has 0 saturated heterocycles. The summed E-state index contributed by atoms with van der Waals surface area (Å²) in [7, 11) is 1.98. The molecule has 0 fully saturated rings. The number of aryl methyl sites for hydroxylation is 1. The van der Waals surface area contributed by atoms with Crippen LogP contribution >= 0.6 is 11.3 Å². The fraction of sp³-hybridized carbons (Fsp3) is 0.700. The topological polar surface area (TPSA) is 37.0 Å². The molecule has 1 aromatic heterocycles. The summed E-state index contributed by atoms with van der Waals surface area (Å²) in [5.74, 6) is 0. The Hall–Kier alpha value is -0.450. The van der Waals surface area contributed by atoms with Gasteiger partial charge in [-0.05, 0) is 27.8 Å². The molecule has 0 aliphatic carbocycles. The number of hydrogen-bond acceptors (Lipinski definition) is 4. The van der Waals surface area contributed by atoms with Crippen molar-refractivity contribution in [1.82, 2.24) is 15.6 Å². The Morgan fingerprint density at radius 2 is 2.21 bits per heavy atom. The first-order valence-corrected chi connectivity index (χ1v) is 5.66. The van der Waals surface area contributed by atoms with Gasteiger partial charge in [0.2, 0.25) is 0 Å². The molecule has 0 saturated carbocycles. The fourth-order valence-corrected chi connectivity index (χ4v) is 1.81. The van der Waals surface area contributed by atoms with Gasteiger partial charge in [0.1, 0.15) is 5.01 Å². The number of nitrogens with zero attached hydrogens (tertiary/aromatic N) is 1. The van der Waals surface area contributed by atoms with Crippen molar-refractivity contribution in [2.75, 3.05) is 13.6 Å². The Labute approximate surface area is 89.9 Å². The van der Waals surface area contributed by atoms with Crippen molar-refractivity contribution in [1.29, 1.82) is 0 Å². The molecule has 0 amide bonds. The summed E-state index contributed by atoms with van der Waals surface area (Å²) in [5, 5.41) is 7.81. The van der Waals surface area contributed by atoms with E-state index in [9.17, 15) is 0 Å². The first-order chi connectivity index (χ1) is 6.53. The van der Waals surface area contributed by atoms with Crippen LogP contribution in [0.2, 0.25) is 0 Å². The molecule has 80 valence electrons. The Kier molecular flexibility index (Phi) is 4.04. The molecule has 0 atom stereocenters. The summed E-state index contributed by atoms with van der Waals surface area (Å²) >= 11 is 1.75. The minimum absolute atomic E-state index is 0.145. The van der Waals surface area contributed by atoms with Crippen LogP contribution in [0, 0.1) is 6.92 Å². The van der Waals surface area contributed by atoms with Crippen LogP contribution in [0.15, 0.2) is 6.20 Å². The van der Waals surface area contributed by atoms with Gasteiger partial charge in [-0.25, -0.2) is 4.98 Å². The molecule has 1 rings (SSSR count). The van der Waals surface area contributed by atoms with Gasteiger partial charge in [0.15, 0.2) is 0 Å². The number of aromatic nitrogens is 1. The maximum atomic E-state index is 4.30. The lowest BCUT2D eigenvalue weighted by atomic mass is 10.1. The zero-order valence-electron chi connectivity index (χ0n) is 9.35. The van der Waals surface area contributed by atoms with E-state index in [4.69, 9.17) is 0 Å². The van der Waals surface area contributed by atoms with Gasteiger partial charge in [0.25, 0.3) is 0 Å². The molecule has 1 heterocycles. The molecule has 0 unspecified atom stereocenters. The smallest absolute Gasteiger partial charge is 0.107 e. The average Bonchev–Trinajstić information content (AvgIpc) is 2.51. The third-order valence-electron chi connectivity index (χ3n) is 2.19. The van der Waals surface area contributed by atoms with E-state index in [0.717, 1.165) is 18.1 Å². The molecule has 3 nitrogen and oxygen atoms in total. The number of nitrogens with one attached hydrogen (secondary N) is 2. The summed E-state index contributed by atoms with van der Waals surface area (Å²) < 4.78 is 0. The number of likely N-dealkylation sites (N-methyl/N-ethyl adjacent to an activating group) is 1. The number of rotatable bonds is 5. The number of thiazole rings is 1. The Bertz CT molecular complexity index is 281. The summed E-state index contributed by atoms with van der Waals surface area (Å²) in [6.45, 7) is 8.24. The standard InChI is InChI=1S/C10H19N3S/c1-8-5-13-9(14-8)6-12-7-10(2,3)11-4/h5,11-12H,6-7H2,1-4H3. The van der Waals surface area contributed by atoms with E-state index in [0.29, 0.717) is 0 Å². The predicted octanol–water partition coefficient (Wildman–Crippen LogP) is 1.54. The summed E-state index contributed by atoms with van der Waals surface area (Å²) in [5.41, 5.74) is 0.145. The van der Waals surface area contributed by atoms with Crippen LogP contribution in [-0.4, -0.2) is 24.1 Å². The highest BCUT2D eigenvalue weighted by atomic mass is 32.1. The Morgan fingerprint density at radius 1 is 1.50 bits per heavy atom. The molecule has 0 aliphatic rings. The van der Waals surface area contributed by atoms with Crippen LogP contribution in [0.1, 0.15) is 23.7 Å². The van der Waals surface area contributed by atoms with Crippen LogP contribution < -0.4 is 10.6 Å². The van der Waals surface area contributed by atoms with E-state index in [1.54, 1.807) is 11.3 Å². The highest BCUT2D eigenvalue weighted by Gasteiger charge is 2.13. The van der Waals surface area contributed by atoms with E-state index in [1.807, 2.05) is 13.2 Å². The largest absolute Gasteiger partial charge is 0.314 e. The minimum Gasteiger partial charge on any atom is -0.314 e. The molecule has 2 N–H and O–H groups in total. The van der Waals surface area contributed by atoms with Crippen molar-refractivity contribution in [3.8, 4) is 0 Å². The average molecular weight is 213 g/mol. The lowest BCUT2D eigenvalue weighted by Crippen LogP contribution is -2.45. The van der Waals surface area contributed by atoms with Crippen LogP contribution in [0.5, 0.6) is 0 Å². The van der Waals surface area contributed by atoms with Crippen molar-refractivity contribution in [3.05, 3.63) is 16.1 Å². The van der Waals surface area contributed by atoms with Gasteiger partial charge in [-0.2, -0.15) is 0 Å². The molecule has 1 aromatic rings. The number of hydrogen-bond donors (Lipinski definition) is 2. The van der Waals surface area contributed by atoms with Gasteiger partial charge in [0, 0.05) is 29.7 Å². The Balaban J connectivity index is 2.28. The van der Waals surface area contributed by atoms with Crippen molar-refractivity contribution in [2.45, 2.75) is 32.9 Å². The predicted molar refractivity (Wildman–Crippen MR) is 61.7 cm³/mol. The molecule has 0 bridgehead atoms. The SMILES string of the molecule is CNC(C)(C)CNCc1ncc(C)s1. The second-order valence-corrected chi connectivity index (χ2v) is 5.42. The van der Waals surface area contributed by atoms with Crippen LogP contribution in [-0.2, 0) is 6.54 Å². The van der Waals surface area contributed by atoms with Crippen LogP contribution in [0.25, 0.3) is 0 Å². The summed E-state index contributed by atoms with van der Waals surface area (Å²) in [6.07, 6.45) is 1.92. The van der Waals surface area contributed by atoms with Gasteiger partial charge in [-0.1, -0.05) is 0 Å². The first-order valence-electron chi connectivity index (χ1n) is 4.84. The van der Waals surface area contributed by atoms with Crippen LogP contribution in [0.4, 0.5) is 0 Å². The third kappa shape index (κ3) is 3.74. The van der Waals surface area contributed by atoms with Crippen molar-refractivity contribution >= 4 is 11.3 Å². The Morgan fingerprint density at radius 3 is 2.71 bits per heavy atom. The van der Waals surface area contributed by atoms with Crippen molar-refractivity contribution < 1.29 is 0 Å². The highest BCUT2D eigenvalue weighted by molar-refractivity contribution is 7.11. The lowest BCUT2D eigenvalue weighted by molar-refractivity contribution is 0.393. The molecule has 4 heteroatoms. The van der Waals surface area contributed by atoms with Crippen molar-refractivity contribution in [2.24, 2.45) is 0 Å². The summed E-state index contributed by atoms with van der Waals surface area (Å²) in [6, 6.07) is 0. The molecule has 0 radical (unpaired) electrons. The van der Waals surface area contributed by atoms with Gasteiger partial charge >= 0.3 is 0 Å². The van der Waals surface area contributed by atoms with E-state index < -0.39 is 0 Å². The minimum atomic E-state index is 0.145. The molecular weight excluding hydrogens is 194 g/mol. The fourth-order valence-electron chi connectivity index (χ4n) is 1.05. The molecule has 0 aromatic carbocycles. The van der Waals surface area contributed by atoms with E-state index in [2.05, 4.69) is 36.4 Å². The molecule has 0 spiro atoms. The molecule has 0 aliphatic heterocycles. The van der Waals surface area contributed by atoms with E-state index in [-0.39, 0.29) is 5.54 Å². The first kappa shape index (κ1) is 11.6. The zero-order valence-corrected chi connectivity index (χ0v) is 10.2. The third-order valence-corrected chi connectivity index (χ3v) is 3.10. The van der Waals surface area contributed by atoms with E-state index in [1.165, 1.54) is 4.88 Å².